The average Bonchev–Trinajstić information content (AvgIpc) is 3.37. The minimum Gasteiger partial charge on any atom is -0.456 e. The van der Waals surface area contributed by atoms with Crippen molar-refractivity contribution in [1.29, 1.82) is 0 Å². The second-order valence-corrected chi connectivity index (χ2v) is 6.74. The van der Waals surface area contributed by atoms with E-state index in [1.807, 2.05) is 72.8 Å². The number of hydrogen-bond donors (Lipinski definition) is 1. The van der Waals surface area contributed by atoms with Crippen LogP contribution in [0, 0.1) is 0 Å². The van der Waals surface area contributed by atoms with E-state index in [9.17, 15) is 4.79 Å². The minimum atomic E-state index is -0.114. The smallest absolute Gasteiger partial charge is 0.227 e. The number of aryl methyl sites for hydroxylation is 1. The topological polar surface area (TPSA) is 81.2 Å². The number of carbonyl (C=O) groups is 1. The molecule has 2 aromatic heterocycles. The first-order valence-electron chi connectivity index (χ1n) is 9.35. The highest BCUT2D eigenvalue weighted by Gasteiger charge is 2.12. The van der Waals surface area contributed by atoms with Gasteiger partial charge in [-0.05, 0) is 24.3 Å². The number of amides is 1. The maximum Gasteiger partial charge on any atom is 0.227 e. The summed E-state index contributed by atoms with van der Waals surface area (Å²) in [6.07, 6.45) is 0.628. The van der Waals surface area contributed by atoms with Crippen LogP contribution in [0.25, 0.3) is 33.3 Å². The van der Waals surface area contributed by atoms with Gasteiger partial charge in [-0.15, -0.1) is 0 Å². The summed E-state index contributed by atoms with van der Waals surface area (Å²) in [7, 11) is 0. The Kier molecular flexibility index (Phi) is 4.29. The Morgan fingerprint density at radius 3 is 2.59 bits per heavy atom. The van der Waals surface area contributed by atoms with Crippen LogP contribution in [0.3, 0.4) is 0 Å². The van der Waals surface area contributed by atoms with E-state index in [-0.39, 0.29) is 12.3 Å². The Labute approximate surface area is 166 Å². The van der Waals surface area contributed by atoms with Crippen LogP contribution in [0.15, 0.2) is 81.7 Å². The van der Waals surface area contributed by atoms with Crippen molar-refractivity contribution in [1.82, 2.24) is 10.1 Å². The number of nitrogens with zero attached hydrogens (tertiary/aromatic N) is 2. The molecule has 5 rings (SSSR count). The van der Waals surface area contributed by atoms with Gasteiger partial charge >= 0.3 is 0 Å². The molecule has 0 unspecified atom stereocenters. The molecule has 0 aliphatic heterocycles. The van der Waals surface area contributed by atoms with Crippen molar-refractivity contribution in [2.45, 2.75) is 12.8 Å². The first-order valence-corrected chi connectivity index (χ1v) is 9.35. The second kappa shape index (κ2) is 7.24. The number of rotatable bonds is 5. The highest BCUT2D eigenvalue weighted by Crippen LogP contribution is 2.30. The third-order valence-electron chi connectivity index (χ3n) is 4.73. The van der Waals surface area contributed by atoms with Crippen LogP contribution in [-0.2, 0) is 11.2 Å². The Morgan fingerprint density at radius 2 is 1.69 bits per heavy atom. The fraction of sp³-hybridized carbons (Fsp3) is 0.0870. The second-order valence-electron chi connectivity index (χ2n) is 6.74. The number of carbonyl (C=O) groups excluding carboxylic acids is 1. The molecule has 0 spiro atoms. The minimum absolute atomic E-state index is 0.114. The molecule has 0 aliphatic rings. The molecule has 0 fully saturated rings. The third-order valence-corrected chi connectivity index (χ3v) is 4.73. The first-order chi connectivity index (χ1) is 14.3. The third kappa shape index (κ3) is 3.48. The number of benzene rings is 3. The van der Waals surface area contributed by atoms with Crippen molar-refractivity contribution in [3.63, 3.8) is 0 Å². The summed E-state index contributed by atoms with van der Waals surface area (Å²) >= 11 is 0. The summed E-state index contributed by atoms with van der Waals surface area (Å²) in [4.78, 5) is 16.7. The molecule has 0 saturated carbocycles. The van der Waals surface area contributed by atoms with E-state index in [1.165, 1.54) is 0 Å². The van der Waals surface area contributed by atoms with Crippen LogP contribution in [0.1, 0.15) is 12.3 Å². The molecule has 0 saturated heterocycles. The molecule has 0 radical (unpaired) electrons. The number of fused-ring (bicyclic) bond motifs is 3. The summed E-state index contributed by atoms with van der Waals surface area (Å²) < 4.78 is 11.1. The zero-order valence-corrected chi connectivity index (χ0v) is 15.5. The van der Waals surface area contributed by atoms with E-state index in [4.69, 9.17) is 8.94 Å². The van der Waals surface area contributed by atoms with E-state index in [1.54, 1.807) is 0 Å². The summed E-state index contributed by atoms with van der Waals surface area (Å²) in [5.41, 5.74) is 3.23. The van der Waals surface area contributed by atoms with Crippen molar-refractivity contribution >= 4 is 33.5 Å². The number of aromatic nitrogens is 2. The largest absolute Gasteiger partial charge is 0.456 e. The molecule has 2 heterocycles. The summed E-state index contributed by atoms with van der Waals surface area (Å²) in [5, 5.41) is 8.90. The fourth-order valence-corrected chi connectivity index (χ4v) is 3.31. The lowest BCUT2D eigenvalue weighted by Gasteiger charge is -2.04. The molecule has 6 heteroatoms. The van der Waals surface area contributed by atoms with Gasteiger partial charge in [0, 0.05) is 34.9 Å². The predicted octanol–water partition coefficient (Wildman–Crippen LogP) is 5.21. The maximum absolute atomic E-state index is 12.4. The number of hydrogen-bond acceptors (Lipinski definition) is 5. The molecule has 3 aromatic carbocycles. The van der Waals surface area contributed by atoms with Crippen LogP contribution < -0.4 is 5.32 Å². The van der Waals surface area contributed by atoms with Gasteiger partial charge in [-0.3, -0.25) is 4.79 Å². The van der Waals surface area contributed by atoms with Gasteiger partial charge in [0.15, 0.2) is 0 Å². The van der Waals surface area contributed by atoms with E-state index >= 15 is 0 Å². The number of nitrogens with one attached hydrogen (secondary N) is 1. The standard InChI is InChI=1S/C23H17N3O3/c27-21(12-13-22-25-23(26-29-22)15-6-2-1-3-7-15)24-16-10-11-20-18(14-16)17-8-4-5-9-19(17)28-20/h1-11,14H,12-13H2,(H,24,27). The molecule has 6 nitrogen and oxygen atoms in total. The normalized spacial score (nSPS) is 11.2. The lowest BCUT2D eigenvalue weighted by Crippen LogP contribution is -2.12. The van der Waals surface area contributed by atoms with Crippen molar-refractivity contribution in [3.05, 3.63) is 78.7 Å². The molecule has 0 aliphatic carbocycles. The van der Waals surface area contributed by atoms with Gasteiger partial charge in [-0.25, -0.2) is 0 Å². The van der Waals surface area contributed by atoms with E-state index in [0.717, 1.165) is 33.2 Å². The molecular formula is C23H17N3O3. The number of para-hydroxylation sites is 1. The lowest BCUT2D eigenvalue weighted by atomic mass is 10.1. The zero-order valence-electron chi connectivity index (χ0n) is 15.5. The predicted molar refractivity (Wildman–Crippen MR) is 110 cm³/mol. The Hall–Kier alpha value is -3.93. The lowest BCUT2D eigenvalue weighted by molar-refractivity contribution is -0.116. The summed E-state index contributed by atoms with van der Waals surface area (Å²) in [5.74, 6) is 0.852. The molecule has 29 heavy (non-hydrogen) atoms. The molecule has 0 atom stereocenters. The van der Waals surface area contributed by atoms with Gasteiger partial charge in [0.25, 0.3) is 0 Å². The zero-order chi connectivity index (χ0) is 19.6. The summed E-state index contributed by atoms with van der Waals surface area (Å²) in [6.45, 7) is 0. The van der Waals surface area contributed by atoms with Gasteiger partial charge in [-0.1, -0.05) is 53.7 Å². The van der Waals surface area contributed by atoms with Crippen molar-refractivity contribution < 1.29 is 13.7 Å². The van der Waals surface area contributed by atoms with Crippen LogP contribution in [0.2, 0.25) is 0 Å². The Balaban J connectivity index is 1.26. The first kappa shape index (κ1) is 17.2. The SMILES string of the molecule is O=C(CCc1nc(-c2ccccc2)no1)Nc1ccc2oc3ccccc3c2c1. The molecule has 142 valence electrons. The maximum atomic E-state index is 12.4. The monoisotopic (exact) mass is 383 g/mol. The van der Waals surface area contributed by atoms with Crippen LogP contribution in [0.4, 0.5) is 5.69 Å². The van der Waals surface area contributed by atoms with E-state index in [2.05, 4.69) is 15.5 Å². The quantitative estimate of drug-likeness (QED) is 0.451. The van der Waals surface area contributed by atoms with Crippen molar-refractivity contribution in [2.24, 2.45) is 0 Å². The van der Waals surface area contributed by atoms with Crippen LogP contribution in [-0.4, -0.2) is 16.0 Å². The number of anilines is 1. The van der Waals surface area contributed by atoms with Gasteiger partial charge in [0.2, 0.25) is 17.6 Å². The molecular weight excluding hydrogens is 366 g/mol. The van der Waals surface area contributed by atoms with Crippen molar-refractivity contribution in [2.75, 3.05) is 5.32 Å². The van der Waals surface area contributed by atoms with Crippen molar-refractivity contribution in [3.8, 4) is 11.4 Å². The highest BCUT2D eigenvalue weighted by molar-refractivity contribution is 6.06. The van der Waals surface area contributed by atoms with E-state index < -0.39 is 0 Å². The van der Waals surface area contributed by atoms with Gasteiger partial charge in [0.1, 0.15) is 11.2 Å². The number of furan rings is 1. The molecule has 0 bridgehead atoms. The fourth-order valence-electron chi connectivity index (χ4n) is 3.31. The average molecular weight is 383 g/mol. The molecule has 1 N–H and O–H groups in total. The molecule has 1 amide bonds. The highest BCUT2D eigenvalue weighted by atomic mass is 16.5. The molecule has 5 aromatic rings. The Bertz CT molecular complexity index is 1300. The Morgan fingerprint density at radius 1 is 0.897 bits per heavy atom. The summed E-state index contributed by atoms with van der Waals surface area (Å²) in [6, 6.07) is 23.1. The van der Waals surface area contributed by atoms with E-state index in [0.29, 0.717) is 18.1 Å². The van der Waals surface area contributed by atoms with Crippen LogP contribution >= 0.6 is 0 Å². The van der Waals surface area contributed by atoms with Gasteiger partial charge < -0.3 is 14.3 Å². The van der Waals surface area contributed by atoms with Gasteiger partial charge in [0.05, 0.1) is 0 Å². The van der Waals surface area contributed by atoms with Crippen LogP contribution in [0.5, 0.6) is 0 Å². The van der Waals surface area contributed by atoms with Gasteiger partial charge in [-0.2, -0.15) is 4.98 Å².